The number of esters is 1. The van der Waals surface area contributed by atoms with Crippen molar-refractivity contribution in [3.8, 4) is 0 Å². The van der Waals surface area contributed by atoms with Crippen LogP contribution in [-0.2, 0) is 20.7 Å². The number of amides is 1. The summed E-state index contributed by atoms with van der Waals surface area (Å²) in [6, 6.07) is 0.161. The summed E-state index contributed by atoms with van der Waals surface area (Å²) in [5.74, 6) is 0.477. The number of hydrogen-bond donors (Lipinski definition) is 1. The van der Waals surface area contributed by atoms with Crippen molar-refractivity contribution in [3.63, 3.8) is 0 Å². The molecule has 0 aliphatic rings. The summed E-state index contributed by atoms with van der Waals surface area (Å²) in [5, 5.41) is 4.78. The first-order valence-corrected chi connectivity index (χ1v) is 8.81. The molecule has 1 heterocycles. The Bertz CT molecular complexity index is 475. The Balaban J connectivity index is 2.38. The monoisotopic (exact) mass is 330 g/mol. The zero-order valence-corrected chi connectivity index (χ0v) is 14.5. The first-order chi connectivity index (χ1) is 9.92. The van der Waals surface area contributed by atoms with Crippen LogP contribution < -0.4 is 5.32 Å². The molecule has 0 bridgehead atoms. The molecular weight excluding hydrogens is 308 g/mol. The molecule has 1 rings (SSSR count). The number of hydrogen-bond acceptors (Lipinski definition) is 6. The summed E-state index contributed by atoms with van der Waals surface area (Å²) in [5.41, 5.74) is 0.692. The van der Waals surface area contributed by atoms with E-state index in [2.05, 4.69) is 24.1 Å². The number of thioether (sulfide) groups is 1. The van der Waals surface area contributed by atoms with E-state index in [1.54, 1.807) is 6.92 Å². The summed E-state index contributed by atoms with van der Waals surface area (Å²) >= 11 is 2.83. The van der Waals surface area contributed by atoms with Crippen LogP contribution in [0.4, 0.5) is 0 Å². The largest absolute Gasteiger partial charge is 0.466 e. The van der Waals surface area contributed by atoms with E-state index in [4.69, 9.17) is 4.74 Å². The second-order valence-corrected chi connectivity index (χ2v) is 7.06. The molecule has 0 aliphatic heterocycles. The van der Waals surface area contributed by atoms with Crippen molar-refractivity contribution < 1.29 is 14.3 Å². The van der Waals surface area contributed by atoms with Crippen LogP contribution in [0.25, 0.3) is 0 Å². The first-order valence-electron chi connectivity index (χ1n) is 6.94. The van der Waals surface area contributed by atoms with E-state index in [1.165, 1.54) is 23.1 Å². The molecule has 0 fully saturated rings. The van der Waals surface area contributed by atoms with Gasteiger partial charge in [0.25, 0.3) is 0 Å². The number of nitrogens with zero attached hydrogens (tertiary/aromatic N) is 1. The minimum Gasteiger partial charge on any atom is -0.466 e. The zero-order valence-electron chi connectivity index (χ0n) is 12.8. The van der Waals surface area contributed by atoms with Gasteiger partial charge in [0.15, 0.2) is 4.34 Å². The van der Waals surface area contributed by atoms with Gasteiger partial charge in [-0.25, -0.2) is 4.98 Å². The molecule has 0 aromatic carbocycles. The van der Waals surface area contributed by atoms with Crippen molar-refractivity contribution in [3.05, 3.63) is 11.1 Å². The molecule has 5 nitrogen and oxygen atoms in total. The second-order valence-electron chi connectivity index (χ2n) is 4.98. The molecule has 0 saturated carbocycles. The van der Waals surface area contributed by atoms with Gasteiger partial charge < -0.3 is 10.1 Å². The molecule has 1 amide bonds. The van der Waals surface area contributed by atoms with Crippen LogP contribution in [0.5, 0.6) is 0 Å². The number of thiazole rings is 1. The van der Waals surface area contributed by atoms with Gasteiger partial charge >= 0.3 is 5.97 Å². The normalized spacial score (nSPS) is 12.2. The van der Waals surface area contributed by atoms with Gasteiger partial charge in [0.1, 0.15) is 0 Å². The molecule has 0 spiro atoms. The zero-order chi connectivity index (χ0) is 15.8. The van der Waals surface area contributed by atoms with Gasteiger partial charge in [0.05, 0.1) is 24.5 Å². The van der Waals surface area contributed by atoms with Crippen molar-refractivity contribution in [2.75, 3.05) is 12.4 Å². The van der Waals surface area contributed by atoms with Crippen LogP contribution in [0.3, 0.4) is 0 Å². The van der Waals surface area contributed by atoms with Crippen molar-refractivity contribution >= 4 is 35.0 Å². The van der Waals surface area contributed by atoms with Crippen molar-refractivity contribution in [2.24, 2.45) is 5.92 Å². The predicted molar refractivity (Wildman–Crippen MR) is 85.6 cm³/mol. The number of rotatable bonds is 8. The smallest absolute Gasteiger partial charge is 0.311 e. The highest BCUT2D eigenvalue weighted by molar-refractivity contribution is 8.01. The number of carbonyl (C=O) groups excluding carboxylic acids is 2. The molecule has 118 valence electrons. The van der Waals surface area contributed by atoms with Gasteiger partial charge in [-0.15, -0.1) is 11.3 Å². The maximum atomic E-state index is 11.8. The Morgan fingerprint density at radius 1 is 1.43 bits per heavy atom. The lowest BCUT2D eigenvalue weighted by atomic mass is 10.1. The molecule has 0 unspecified atom stereocenters. The van der Waals surface area contributed by atoms with Crippen molar-refractivity contribution in [1.82, 2.24) is 10.3 Å². The van der Waals surface area contributed by atoms with Crippen LogP contribution in [-0.4, -0.2) is 35.3 Å². The maximum absolute atomic E-state index is 11.8. The third kappa shape index (κ3) is 6.95. The molecule has 0 saturated heterocycles. The quantitative estimate of drug-likeness (QED) is 0.586. The summed E-state index contributed by atoms with van der Waals surface area (Å²) < 4.78 is 5.67. The minimum atomic E-state index is -0.275. The second kappa shape index (κ2) is 9.04. The van der Waals surface area contributed by atoms with Gasteiger partial charge in [-0.2, -0.15) is 0 Å². The Morgan fingerprint density at radius 2 is 2.14 bits per heavy atom. The maximum Gasteiger partial charge on any atom is 0.311 e. The van der Waals surface area contributed by atoms with Gasteiger partial charge in [-0.05, 0) is 19.8 Å². The summed E-state index contributed by atoms with van der Waals surface area (Å²) in [6.07, 6.45) is 0.182. The number of ether oxygens (including phenoxy) is 1. The lowest BCUT2D eigenvalue weighted by Gasteiger charge is -2.16. The predicted octanol–water partition coefficient (Wildman–Crippen LogP) is 2.50. The Labute approximate surface area is 133 Å². The Morgan fingerprint density at radius 3 is 2.76 bits per heavy atom. The standard InChI is InChI=1S/C14H22N2O3S2/c1-5-19-13(18)6-11-7-20-14(16-11)21-8-12(17)15-10(4)9(2)3/h7,9-10H,5-6,8H2,1-4H3,(H,15,17)/t10-/m1/s1. The lowest BCUT2D eigenvalue weighted by Crippen LogP contribution is -2.37. The first kappa shape index (κ1) is 18.0. The van der Waals surface area contributed by atoms with Crippen LogP contribution in [0.1, 0.15) is 33.4 Å². The van der Waals surface area contributed by atoms with Crippen molar-refractivity contribution in [1.29, 1.82) is 0 Å². The SMILES string of the molecule is CCOC(=O)Cc1csc(SCC(=O)N[C@H](C)C(C)C)n1. The fourth-order valence-electron chi connectivity index (χ4n) is 1.39. The molecule has 7 heteroatoms. The van der Waals surface area contributed by atoms with Gasteiger partial charge in [-0.1, -0.05) is 25.6 Å². The van der Waals surface area contributed by atoms with E-state index >= 15 is 0 Å². The third-order valence-corrected chi connectivity index (χ3v) is 4.95. The van der Waals surface area contributed by atoms with E-state index in [0.29, 0.717) is 24.0 Å². The summed E-state index contributed by atoms with van der Waals surface area (Å²) in [7, 11) is 0. The summed E-state index contributed by atoms with van der Waals surface area (Å²) in [6.45, 7) is 8.28. The van der Waals surface area contributed by atoms with Gasteiger partial charge in [0, 0.05) is 11.4 Å². The highest BCUT2D eigenvalue weighted by Crippen LogP contribution is 2.22. The topological polar surface area (TPSA) is 68.3 Å². The number of carbonyl (C=O) groups is 2. The molecule has 1 N–H and O–H groups in total. The average molecular weight is 330 g/mol. The summed E-state index contributed by atoms with van der Waals surface area (Å²) in [4.78, 5) is 27.4. The van der Waals surface area contributed by atoms with E-state index < -0.39 is 0 Å². The van der Waals surface area contributed by atoms with Crippen LogP contribution in [0.15, 0.2) is 9.72 Å². The highest BCUT2D eigenvalue weighted by Gasteiger charge is 2.13. The molecule has 0 radical (unpaired) electrons. The number of nitrogens with one attached hydrogen (secondary N) is 1. The Kier molecular flexibility index (Phi) is 7.74. The molecule has 1 aromatic rings. The molecule has 21 heavy (non-hydrogen) atoms. The lowest BCUT2D eigenvalue weighted by molar-refractivity contribution is -0.142. The Hall–Kier alpha value is -1.08. The molecule has 0 aliphatic carbocycles. The number of aromatic nitrogens is 1. The van der Waals surface area contributed by atoms with E-state index in [9.17, 15) is 9.59 Å². The minimum absolute atomic E-state index is 0.00310. The van der Waals surface area contributed by atoms with Crippen LogP contribution in [0, 0.1) is 5.92 Å². The fourth-order valence-corrected chi connectivity index (χ4v) is 3.04. The van der Waals surface area contributed by atoms with E-state index in [-0.39, 0.29) is 24.3 Å². The van der Waals surface area contributed by atoms with Crippen LogP contribution >= 0.6 is 23.1 Å². The fraction of sp³-hybridized carbons (Fsp3) is 0.643. The molecule has 1 aromatic heterocycles. The van der Waals surface area contributed by atoms with Gasteiger partial charge in [0.2, 0.25) is 5.91 Å². The highest BCUT2D eigenvalue weighted by atomic mass is 32.2. The third-order valence-electron chi connectivity index (χ3n) is 2.88. The van der Waals surface area contributed by atoms with Gasteiger partial charge in [-0.3, -0.25) is 9.59 Å². The molecular formula is C14H22N2O3S2. The average Bonchev–Trinajstić information content (AvgIpc) is 2.84. The molecule has 1 atom stereocenters. The van der Waals surface area contributed by atoms with Crippen LogP contribution in [0.2, 0.25) is 0 Å². The van der Waals surface area contributed by atoms with Crippen molar-refractivity contribution in [2.45, 2.75) is 44.5 Å². The van der Waals surface area contributed by atoms with E-state index in [0.717, 1.165) is 4.34 Å². The van der Waals surface area contributed by atoms with E-state index in [1.807, 2.05) is 12.3 Å².